The molecule has 4 heteroatoms. The van der Waals surface area contributed by atoms with E-state index in [9.17, 15) is 9.90 Å². The lowest BCUT2D eigenvalue weighted by molar-refractivity contribution is 0.0461. The number of unbranched alkanes of at least 4 members (excludes halogenated alkanes) is 1. The molecule has 0 aromatic carbocycles. The number of carbonyl (C=O) groups excluding carboxylic acids is 1. The van der Waals surface area contributed by atoms with E-state index < -0.39 is 17.2 Å². The summed E-state index contributed by atoms with van der Waals surface area (Å²) >= 11 is 0. The van der Waals surface area contributed by atoms with E-state index in [4.69, 9.17) is 4.74 Å². The van der Waals surface area contributed by atoms with E-state index in [1.807, 2.05) is 20.8 Å². The maximum Gasteiger partial charge on any atom is 0.408 e. The number of ether oxygens (including phenoxy) is 1. The van der Waals surface area contributed by atoms with Gasteiger partial charge in [0, 0.05) is 0 Å². The van der Waals surface area contributed by atoms with E-state index in [0.717, 1.165) is 25.7 Å². The Morgan fingerprint density at radius 1 is 1.53 bits per heavy atom. The van der Waals surface area contributed by atoms with E-state index in [0.29, 0.717) is 5.92 Å². The van der Waals surface area contributed by atoms with Crippen molar-refractivity contribution in [3.63, 3.8) is 0 Å². The maximum absolute atomic E-state index is 11.6. The molecule has 0 saturated heterocycles. The zero-order valence-electron chi connectivity index (χ0n) is 11.4. The molecular weight excluding hydrogens is 218 g/mol. The third-order valence-electron chi connectivity index (χ3n) is 3.17. The molecule has 100 valence electrons. The van der Waals surface area contributed by atoms with Gasteiger partial charge in [0.1, 0.15) is 5.60 Å². The lowest BCUT2D eigenvalue weighted by atomic mass is 10.1. The van der Waals surface area contributed by atoms with Gasteiger partial charge in [-0.1, -0.05) is 19.8 Å². The Kier molecular flexibility index (Phi) is 4.42. The molecule has 17 heavy (non-hydrogen) atoms. The largest absolute Gasteiger partial charge is 0.444 e. The Balaban J connectivity index is 2.41. The fourth-order valence-corrected chi connectivity index (χ4v) is 2.10. The Morgan fingerprint density at radius 3 is 2.65 bits per heavy atom. The number of rotatable bonds is 5. The van der Waals surface area contributed by atoms with E-state index in [1.165, 1.54) is 0 Å². The highest BCUT2D eigenvalue weighted by atomic mass is 16.6. The molecule has 0 bridgehead atoms. The van der Waals surface area contributed by atoms with E-state index in [2.05, 4.69) is 12.2 Å². The molecule has 1 fully saturated rings. The lowest BCUT2D eigenvalue weighted by Crippen LogP contribution is -2.44. The van der Waals surface area contributed by atoms with Crippen LogP contribution in [-0.4, -0.2) is 28.9 Å². The third kappa shape index (κ3) is 4.19. The first kappa shape index (κ1) is 14.3. The number of aliphatic hydroxyl groups excluding tert-OH is 1. The van der Waals surface area contributed by atoms with Gasteiger partial charge >= 0.3 is 6.09 Å². The van der Waals surface area contributed by atoms with E-state index in [1.54, 1.807) is 0 Å². The monoisotopic (exact) mass is 243 g/mol. The minimum Gasteiger partial charge on any atom is -0.444 e. The van der Waals surface area contributed by atoms with Crippen LogP contribution in [0.2, 0.25) is 0 Å². The number of amides is 1. The summed E-state index contributed by atoms with van der Waals surface area (Å²) in [5, 5.41) is 12.2. The standard InChI is InChI=1S/C13H25NO3/c1-5-6-7-10-8-13(10,9-15)14-11(16)17-12(2,3)4/h10,15H,5-9H2,1-4H3,(H,14,16)/t10-,13-/m0/s1. The summed E-state index contributed by atoms with van der Waals surface area (Å²) in [5.41, 5.74) is -0.911. The van der Waals surface area contributed by atoms with E-state index in [-0.39, 0.29) is 6.61 Å². The van der Waals surface area contributed by atoms with Crippen molar-refractivity contribution in [3.05, 3.63) is 0 Å². The van der Waals surface area contributed by atoms with Gasteiger partial charge in [-0.05, 0) is 39.5 Å². The number of alkyl carbamates (subject to hydrolysis) is 1. The van der Waals surface area contributed by atoms with Gasteiger partial charge in [-0.2, -0.15) is 0 Å². The van der Waals surface area contributed by atoms with Crippen molar-refractivity contribution in [3.8, 4) is 0 Å². The third-order valence-corrected chi connectivity index (χ3v) is 3.17. The van der Waals surface area contributed by atoms with Crippen LogP contribution in [0.4, 0.5) is 4.79 Å². The van der Waals surface area contributed by atoms with Crippen LogP contribution in [0.15, 0.2) is 0 Å². The fourth-order valence-electron chi connectivity index (χ4n) is 2.10. The first-order valence-electron chi connectivity index (χ1n) is 6.45. The summed E-state index contributed by atoms with van der Waals surface area (Å²) in [7, 11) is 0. The van der Waals surface area contributed by atoms with E-state index >= 15 is 0 Å². The van der Waals surface area contributed by atoms with Gasteiger partial charge in [0.2, 0.25) is 0 Å². The maximum atomic E-state index is 11.6. The topological polar surface area (TPSA) is 58.6 Å². The number of aliphatic hydroxyl groups is 1. The molecule has 0 unspecified atom stereocenters. The highest BCUT2D eigenvalue weighted by Gasteiger charge is 2.54. The number of carbonyl (C=O) groups is 1. The highest BCUT2D eigenvalue weighted by molar-refractivity contribution is 5.69. The molecule has 0 spiro atoms. The van der Waals surface area contributed by atoms with Gasteiger partial charge < -0.3 is 15.2 Å². The van der Waals surface area contributed by atoms with Crippen LogP contribution in [-0.2, 0) is 4.74 Å². The fraction of sp³-hybridized carbons (Fsp3) is 0.923. The molecule has 4 nitrogen and oxygen atoms in total. The Bertz CT molecular complexity index is 272. The molecule has 1 rings (SSSR count). The predicted octanol–water partition coefficient (Wildman–Crippen LogP) is 2.45. The van der Waals surface area contributed by atoms with Crippen LogP contribution in [0.25, 0.3) is 0 Å². The minimum absolute atomic E-state index is 0.000619. The molecule has 0 aromatic heterocycles. The van der Waals surface area contributed by atoms with Crippen LogP contribution >= 0.6 is 0 Å². The molecular formula is C13H25NO3. The molecule has 2 N–H and O–H groups in total. The highest BCUT2D eigenvalue weighted by Crippen LogP contribution is 2.46. The Hall–Kier alpha value is -0.770. The average molecular weight is 243 g/mol. The average Bonchev–Trinajstić information content (AvgIpc) is 2.86. The smallest absolute Gasteiger partial charge is 0.408 e. The predicted molar refractivity (Wildman–Crippen MR) is 66.8 cm³/mol. The molecule has 2 atom stereocenters. The van der Waals surface area contributed by atoms with Crippen LogP contribution in [0, 0.1) is 5.92 Å². The summed E-state index contributed by atoms with van der Waals surface area (Å²) in [6, 6.07) is 0. The summed E-state index contributed by atoms with van der Waals surface area (Å²) in [6.45, 7) is 7.64. The molecule has 1 saturated carbocycles. The number of nitrogens with one attached hydrogen (secondary N) is 1. The Labute approximate surface area is 104 Å². The van der Waals surface area contributed by atoms with Gasteiger partial charge in [-0.15, -0.1) is 0 Å². The van der Waals surface area contributed by atoms with Gasteiger partial charge in [-0.25, -0.2) is 4.79 Å². The van der Waals surface area contributed by atoms with Crippen molar-refractivity contribution in [1.29, 1.82) is 0 Å². The van der Waals surface area contributed by atoms with Crippen molar-refractivity contribution in [2.24, 2.45) is 5.92 Å². The summed E-state index contributed by atoms with van der Waals surface area (Å²) in [4.78, 5) is 11.6. The number of hydrogen-bond donors (Lipinski definition) is 2. The zero-order valence-corrected chi connectivity index (χ0v) is 11.4. The molecule has 1 aliphatic carbocycles. The molecule has 1 amide bonds. The second kappa shape index (κ2) is 5.25. The summed E-state index contributed by atoms with van der Waals surface area (Å²) < 4.78 is 5.21. The molecule has 0 radical (unpaired) electrons. The van der Waals surface area contributed by atoms with Crippen LogP contribution < -0.4 is 5.32 Å². The van der Waals surface area contributed by atoms with Crippen molar-refractivity contribution >= 4 is 6.09 Å². The lowest BCUT2D eigenvalue weighted by Gasteiger charge is -2.23. The normalized spacial score (nSPS) is 27.7. The van der Waals surface area contributed by atoms with Gasteiger partial charge in [0.25, 0.3) is 0 Å². The first-order valence-corrected chi connectivity index (χ1v) is 6.45. The van der Waals surface area contributed by atoms with Gasteiger partial charge in [0.15, 0.2) is 0 Å². The first-order chi connectivity index (χ1) is 7.83. The van der Waals surface area contributed by atoms with Gasteiger partial charge in [-0.3, -0.25) is 0 Å². The summed E-state index contributed by atoms with van der Waals surface area (Å²) in [6.07, 6.45) is 3.79. The van der Waals surface area contributed by atoms with Crippen molar-refractivity contribution < 1.29 is 14.6 Å². The second-order valence-corrected chi connectivity index (χ2v) is 5.98. The van der Waals surface area contributed by atoms with Crippen molar-refractivity contribution in [1.82, 2.24) is 5.32 Å². The number of hydrogen-bond acceptors (Lipinski definition) is 3. The minimum atomic E-state index is -0.492. The molecule has 0 heterocycles. The molecule has 0 aliphatic heterocycles. The SMILES string of the molecule is CCCC[C@H]1C[C@@]1(CO)NC(=O)OC(C)(C)C. The second-order valence-electron chi connectivity index (χ2n) is 5.98. The quantitative estimate of drug-likeness (QED) is 0.779. The summed E-state index contributed by atoms with van der Waals surface area (Å²) in [5.74, 6) is 0.403. The van der Waals surface area contributed by atoms with Crippen LogP contribution in [0.1, 0.15) is 53.4 Å². The van der Waals surface area contributed by atoms with Crippen molar-refractivity contribution in [2.75, 3.05) is 6.61 Å². The zero-order chi connectivity index (χ0) is 13.1. The molecule has 1 aliphatic rings. The van der Waals surface area contributed by atoms with Crippen molar-refractivity contribution in [2.45, 2.75) is 64.5 Å². The van der Waals surface area contributed by atoms with Crippen LogP contribution in [0.5, 0.6) is 0 Å². The Morgan fingerprint density at radius 2 is 2.18 bits per heavy atom. The van der Waals surface area contributed by atoms with Gasteiger partial charge in [0.05, 0.1) is 12.1 Å². The van der Waals surface area contributed by atoms with Crippen LogP contribution in [0.3, 0.4) is 0 Å². The molecule has 0 aromatic rings.